The van der Waals surface area contributed by atoms with Crippen molar-refractivity contribution in [2.75, 3.05) is 6.54 Å². The average Bonchev–Trinajstić information content (AvgIpc) is 2.75. The van der Waals surface area contributed by atoms with E-state index < -0.39 is 5.97 Å². The van der Waals surface area contributed by atoms with E-state index in [-0.39, 0.29) is 24.4 Å². The maximum atomic E-state index is 12.1. The largest absolute Gasteiger partial charge is 0.481 e. The second-order valence-corrected chi connectivity index (χ2v) is 5.30. The highest BCUT2D eigenvalue weighted by Crippen LogP contribution is 2.20. The number of hydrogen-bond donors (Lipinski definition) is 2. The summed E-state index contributed by atoms with van der Waals surface area (Å²) in [5.74, 6) is -0.754. The Hall–Kier alpha value is -1.26. The van der Waals surface area contributed by atoms with Crippen LogP contribution in [-0.4, -0.2) is 40.6 Å². The standard InChI is InChI=1S/C13H24N2O3/c1-4-10-6-5-7-15(10)13(18)14-11(9(2)3)8-12(16)17/h9-11H,4-8H2,1-3H3,(H,14,18)(H,16,17). The summed E-state index contributed by atoms with van der Waals surface area (Å²) >= 11 is 0. The van der Waals surface area contributed by atoms with Crippen LogP contribution < -0.4 is 5.32 Å². The lowest BCUT2D eigenvalue weighted by molar-refractivity contribution is -0.137. The smallest absolute Gasteiger partial charge is 0.317 e. The van der Waals surface area contributed by atoms with Crippen LogP contribution in [-0.2, 0) is 4.79 Å². The predicted molar refractivity (Wildman–Crippen MR) is 69.4 cm³/mol. The van der Waals surface area contributed by atoms with Crippen molar-refractivity contribution in [1.29, 1.82) is 0 Å². The van der Waals surface area contributed by atoms with Gasteiger partial charge in [-0.15, -0.1) is 0 Å². The Morgan fingerprint density at radius 3 is 2.61 bits per heavy atom. The number of nitrogens with one attached hydrogen (secondary N) is 1. The Morgan fingerprint density at radius 2 is 2.11 bits per heavy atom. The number of carboxylic acids is 1. The van der Waals surface area contributed by atoms with Gasteiger partial charge in [-0.3, -0.25) is 4.79 Å². The van der Waals surface area contributed by atoms with Crippen molar-refractivity contribution in [3.05, 3.63) is 0 Å². The fourth-order valence-electron chi connectivity index (χ4n) is 2.41. The number of nitrogens with zero attached hydrogens (tertiary/aromatic N) is 1. The van der Waals surface area contributed by atoms with Gasteiger partial charge < -0.3 is 15.3 Å². The van der Waals surface area contributed by atoms with Crippen molar-refractivity contribution >= 4 is 12.0 Å². The van der Waals surface area contributed by atoms with Gasteiger partial charge in [-0.1, -0.05) is 20.8 Å². The number of carbonyl (C=O) groups excluding carboxylic acids is 1. The van der Waals surface area contributed by atoms with Crippen molar-refractivity contribution in [3.63, 3.8) is 0 Å². The van der Waals surface area contributed by atoms with Gasteiger partial charge in [-0.2, -0.15) is 0 Å². The zero-order valence-electron chi connectivity index (χ0n) is 11.5. The van der Waals surface area contributed by atoms with E-state index in [0.29, 0.717) is 6.04 Å². The minimum absolute atomic E-state index is 0.0198. The first-order valence-corrected chi connectivity index (χ1v) is 6.74. The average molecular weight is 256 g/mol. The molecule has 0 aromatic rings. The van der Waals surface area contributed by atoms with E-state index in [0.717, 1.165) is 25.8 Å². The van der Waals surface area contributed by atoms with E-state index in [1.807, 2.05) is 18.7 Å². The van der Waals surface area contributed by atoms with Gasteiger partial charge in [0, 0.05) is 18.6 Å². The van der Waals surface area contributed by atoms with Crippen molar-refractivity contribution in [2.45, 2.75) is 58.5 Å². The number of amides is 2. The van der Waals surface area contributed by atoms with Crippen molar-refractivity contribution in [3.8, 4) is 0 Å². The van der Waals surface area contributed by atoms with Crippen LogP contribution in [0.4, 0.5) is 4.79 Å². The van der Waals surface area contributed by atoms with Crippen LogP contribution >= 0.6 is 0 Å². The number of rotatable bonds is 5. The van der Waals surface area contributed by atoms with Crippen LogP contribution in [0.3, 0.4) is 0 Å². The van der Waals surface area contributed by atoms with E-state index >= 15 is 0 Å². The highest BCUT2D eigenvalue weighted by atomic mass is 16.4. The van der Waals surface area contributed by atoms with Gasteiger partial charge in [0.1, 0.15) is 0 Å². The molecule has 5 heteroatoms. The number of likely N-dealkylation sites (tertiary alicyclic amines) is 1. The third-order valence-electron chi connectivity index (χ3n) is 3.62. The van der Waals surface area contributed by atoms with Gasteiger partial charge in [0.05, 0.1) is 6.42 Å². The Labute approximate surface area is 109 Å². The molecule has 2 N–H and O–H groups in total. The first kappa shape index (κ1) is 14.8. The number of carboxylic acid groups (broad SMARTS) is 1. The van der Waals surface area contributed by atoms with Crippen LogP contribution in [0.5, 0.6) is 0 Å². The molecule has 0 bridgehead atoms. The third kappa shape index (κ3) is 3.89. The lowest BCUT2D eigenvalue weighted by atomic mass is 10.0. The maximum absolute atomic E-state index is 12.1. The van der Waals surface area contributed by atoms with E-state index in [2.05, 4.69) is 12.2 Å². The molecule has 1 aliphatic heterocycles. The highest BCUT2D eigenvalue weighted by Gasteiger charge is 2.29. The van der Waals surface area contributed by atoms with Crippen LogP contribution in [0.15, 0.2) is 0 Å². The summed E-state index contributed by atoms with van der Waals surface area (Å²) in [5.41, 5.74) is 0. The van der Waals surface area contributed by atoms with Gasteiger partial charge in [-0.05, 0) is 25.2 Å². The first-order chi connectivity index (χ1) is 8.45. The molecule has 104 valence electrons. The van der Waals surface area contributed by atoms with Crippen molar-refractivity contribution < 1.29 is 14.7 Å². The second kappa shape index (κ2) is 6.61. The predicted octanol–water partition coefficient (Wildman–Crippen LogP) is 2.07. The molecular weight excluding hydrogens is 232 g/mol. The van der Waals surface area contributed by atoms with Gasteiger partial charge in [0.15, 0.2) is 0 Å². The van der Waals surface area contributed by atoms with Gasteiger partial charge in [-0.25, -0.2) is 4.79 Å². The summed E-state index contributed by atoms with van der Waals surface area (Å²) in [6.07, 6.45) is 3.03. The van der Waals surface area contributed by atoms with E-state index in [9.17, 15) is 9.59 Å². The highest BCUT2D eigenvalue weighted by molar-refractivity contribution is 5.76. The summed E-state index contributed by atoms with van der Waals surface area (Å²) in [6.45, 7) is 6.71. The SMILES string of the molecule is CCC1CCCN1C(=O)NC(CC(=O)O)C(C)C. The Morgan fingerprint density at radius 1 is 1.44 bits per heavy atom. The minimum atomic E-state index is -0.873. The molecule has 1 fully saturated rings. The molecule has 0 aromatic heterocycles. The molecule has 1 heterocycles. The third-order valence-corrected chi connectivity index (χ3v) is 3.62. The van der Waals surface area contributed by atoms with Gasteiger partial charge in [0.2, 0.25) is 0 Å². The molecule has 2 amide bonds. The van der Waals surface area contributed by atoms with Crippen LogP contribution in [0.25, 0.3) is 0 Å². The molecule has 0 radical (unpaired) electrons. The molecule has 5 nitrogen and oxygen atoms in total. The lowest BCUT2D eigenvalue weighted by Crippen LogP contribution is -2.48. The Bertz CT molecular complexity index is 305. The molecule has 0 spiro atoms. The zero-order chi connectivity index (χ0) is 13.7. The monoisotopic (exact) mass is 256 g/mol. The molecular formula is C13H24N2O3. The molecule has 2 unspecified atom stereocenters. The number of urea groups is 1. The zero-order valence-corrected chi connectivity index (χ0v) is 11.5. The number of carbonyl (C=O) groups is 2. The fraction of sp³-hybridized carbons (Fsp3) is 0.846. The molecule has 0 saturated carbocycles. The topological polar surface area (TPSA) is 69.6 Å². The van der Waals surface area contributed by atoms with Crippen molar-refractivity contribution in [2.24, 2.45) is 5.92 Å². The summed E-state index contributed by atoms with van der Waals surface area (Å²) < 4.78 is 0. The quantitative estimate of drug-likeness (QED) is 0.791. The molecule has 18 heavy (non-hydrogen) atoms. The molecule has 1 saturated heterocycles. The normalized spacial score (nSPS) is 21.1. The second-order valence-electron chi connectivity index (χ2n) is 5.30. The van der Waals surface area contributed by atoms with E-state index in [4.69, 9.17) is 5.11 Å². The molecule has 0 aromatic carbocycles. The van der Waals surface area contributed by atoms with Crippen LogP contribution in [0.2, 0.25) is 0 Å². The van der Waals surface area contributed by atoms with E-state index in [1.54, 1.807) is 0 Å². The van der Waals surface area contributed by atoms with Gasteiger partial charge in [0.25, 0.3) is 0 Å². The van der Waals surface area contributed by atoms with Crippen LogP contribution in [0.1, 0.15) is 46.5 Å². The summed E-state index contributed by atoms with van der Waals surface area (Å²) in [6, 6.07) is -0.102. The van der Waals surface area contributed by atoms with E-state index in [1.165, 1.54) is 0 Å². The Balaban J connectivity index is 2.57. The Kier molecular flexibility index (Phi) is 5.44. The summed E-state index contributed by atoms with van der Waals surface area (Å²) in [7, 11) is 0. The minimum Gasteiger partial charge on any atom is -0.481 e. The molecule has 2 atom stereocenters. The molecule has 1 rings (SSSR count). The first-order valence-electron chi connectivity index (χ1n) is 6.74. The van der Waals surface area contributed by atoms with Crippen LogP contribution in [0, 0.1) is 5.92 Å². The molecule has 0 aliphatic carbocycles. The number of hydrogen-bond acceptors (Lipinski definition) is 2. The summed E-state index contributed by atoms with van der Waals surface area (Å²) in [5, 5.41) is 11.7. The van der Waals surface area contributed by atoms with Crippen molar-refractivity contribution in [1.82, 2.24) is 10.2 Å². The number of aliphatic carboxylic acids is 1. The lowest BCUT2D eigenvalue weighted by Gasteiger charge is -2.28. The fourth-order valence-corrected chi connectivity index (χ4v) is 2.41. The maximum Gasteiger partial charge on any atom is 0.317 e. The molecule has 1 aliphatic rings. The summed E-state index contributed by atoms with van der Waals surface area (Å²) in [4.78, 5) is 24.7. The van der Waals surface area contributed by atoms with Gasteiger partial charge >= 0.3 is 12.0 Å².